The van der Waals surface area contributed by atoms with Crippen LogP contribution in [0.5, 0.6) is 0 Å². The number of unbranched alkanes of at least 4 members (excludes halogenated alkanes) is 1. The van der Waals surface area contributed by atoms with E-state index in [4.69, 9.17) is 9.84 Å². The van der Waals surface area contributed by atoms with Gasteiger partial charge in [0.15, 0.2) is 0 Å². The van der Waals surface area contributed by atoms with Crippen LogP contribution < -0.4 is 5.32 Å². The number of carbonyl (C=O) groups is 4. The first-order valence-corrected chi connectivity index (χ1v) is 12.4. The number of carboxylic acid groups (broad SMARTS) is 1. The number of nitrogens with one attached hydrogen (secondary N) is 1. The summed E-state index contributed by atoms with van der Waals surface area (Å²) in [6, 6.07) is 0. The van der Waals surface area contributed by atoms with Crippen molar-refractivity contribution >= 4 is 23.6 Å². The van der Waals surface area contributed by atoms with Crippen molar-refractivity contribution in [2.75, 3.05) is 7.11 Å². The van der Waals surface area contributed by atoms with Crippen molar-refractivity contribution in [2.24, 2.45) is 17.8 Å². The minimum Gasteiger partial charge on any atom is -0.478 e. The number of ether oxygens (including phenoxy) is 1. The van der Waals surface area contributed by atoms with E-state index in [0.29, 0.717) is 50.5 Å². The predicted molar refractivity (Wildman–Crippen MR) is 135 cm³/mol. The van der Waals surface area contributed by atoms with Gasteiger partial charge in [-0.15, -0.1) is 0 Å². The number of imide groups is 1. The van der Waals surface area contributed by atoms with Gasteiger partial charge in [-0.2, -0.15) is 0 Å². The number of carboxylic acids is 1. The monoisotopic (exact) mass is 507 g/mol. The summed E-state index contributed by atoms with van der Waals surface area (Å²) in [7, 11) is 1.46. The number of aliphatic carboxylic acids is 1. The van der Waals surface area contributed by atoms with Crippen LogP contribution in [0, 0.1) is 17.8 Å². The largest absolute Gasteiger partial charge is 0.478 e. The Kier molecular flexibility index (Phi) is 14.1. The third-order valence-corrected chi connectivity index (χ3v) is 6.48. The highest BCUT2D eigenvalue weighted by Gasteiger charge is 2.30. The minimum absolute atomic E-state index is 0.0102. The minimum atomic E-state index is -1.00. The fraction of sp³-hybridized carbons (Fsp3) is 0.630. The lowest BCUT2D eigenvalue weighted by atomic mass is 9.87. The molecule has 4 N–H and O–H groups in total. The van der Waals surface area contributed by atoms with Crippen LogP contribution in [0.4, 0.5) is 0 Å². The molecule has 2 amide bonds. The van der Waals surface area contributed by atoms with Gasteiger partial charge in [0.05, 0.1) is 12.2 Å². The fourth-order valence-electron chi connectivity index (χ4n) is 4.28. The average molecular weight is 508 g/mol. The maximum Gasteiger partial charge on any atom is 0.327 e. The van der Waals surface area contributed by atoms with Crippen molar-refractivity contribution in [1.82, 2.24) is 5.32 Å². The lowest BCUT2D eigenvalue weighted by Crippen LogP contribution is -2.39. The first-order valence-electron chi connectivity index (χ1n) is 12.4. The van der Waals surface area contributed by atoms with Gasteiger partial charge in [0.25, 0.3) is 0 Å². The van der Waals surface area contributed by atoms with Crippen LogP contribution in [0.1, 0.15) is 65.7 Å². The molecule has 1 aliphatic rings. The van der Waals surface area contributed by atoms with Crippen molar-refractivity contribution < 1.29 is 39.2 Å². The van der Waals surface area contributed by atoms with Gasteiger partial charge in [-0.1, -0.05) is 38.2 Å². The van der Waals surface area contributed by atoms with E-state index in [-0.39, 0.29) is 23.5 Å². The number of carbonyl (C=O) groups excluding carboxylic acids is 3. The average Bonchev–Trinajstić information content (AvgIpc) is 2.81. The van der Waals surface area contributed by atoms with Crippen molar-refractivity contribution in [3.05, 3.63) is 36.0 Å². The first kappa shape index (κ1) is 31.4. The highest BCUT2D eigenvalue weighted by atomic mass is 16.5. The zero-order chi connectivity index (χ0) is 27.3. The smallest absolute Gasteiger partial charge is 0.327 e. The van der Waals surface area contributed by atoms with E-state index in [0.717, 1.165) is 6.08 Å². The van der Waals surface area contributed by atoms with Crippen LogP contribution in [-0.4, -0.2) is 64.3 Å². The fourth-order valence-corrected chi connectivity index (χ4v) is 4.28. The quantitative estimate of drug-likeness (QED) is 0.108. The van der Waals surface area contributed by atoms with Gasteiger partial charge < -0.3 is 20.1 Å². The Hall–Kier alpha value is -2.62. The molecule has 202 valence electrons. The van der Waals surface area contributed by atoms with Crippen molar-refractivity contribution in [2.45, 2.75) is 84.0 Å². The van der Waals surface area contributed by atoms with Crippen molar-refractivity contribution in [3.63, 3.8) is 0 Å². The highest BCUT2D eigenvalue weighted by Crippen LogP contribution is 2.23. The Morgan fingerprint density at radius 2 is 1.72 bits per heavy atom. The second kappa shape index (κ2) is 16.2. The summed E-state index contributed by atoms with van der Waals surface area (Å²) in [6.45, 7) is 5.18. The van der Waals surface area contributed by atoms with E-state index in [1.165, 1.54) is 7.11 Å². The molecule has 9 heteroatoms. The normalized spacial score (nSPS) is 19.8. The standard InChI is InChI=1S/C27H41NO8/c1-17(21(29)11-9-10-20-15-23(30)28-24(31)16-20)14-18(2)26(34)19(3)27(35)22(36-4)12-7-5-6-8-13-25(32)33/h7-8,12-14,17,19-20,22,26-27,34-35H,5-6,9-11,15-16H2,1-4H3,(H,32,33)(H,28,30,31)/b12-7+,13-8+,18-14+/t17-,19+,22-,26-,27-/m0/s1. The van der Waals surface area contributed by atoms with Crippen LogP contribution in [0.2, 0.25) is 0 Å². The van der Waals surface area contributed by atoms with E-state index in [2.05, 4.69) is 5.32 Å². The number of Topliss-reactive ketones (excluding diaryl/α,β-unsaturated/α-hetero) is 1. The molecule has 0 aliphatic carbocycles. The third-order valence-electron chi connectivity index (χ3n) is 6.48. The van der Waals surface area contributed by atoms with Gasteiger partial charge in [-0.3, -0.25) is 19.7 Å². The van der Waals surface area contributed by atoms with E-state index in [1.54, 1.807) is 45.1 Å². The van der Waals surface area contributed by atoms with Crippen molar-refractivity contribution in [1.29, 1.82) is 0 Å². The van der Waals surface area contributed by atoms with Crippen LogP contribution >= 0.6 is 0 Å². The number of aliphatic hydroxyl groups excluding tert-OH is 2. The summed E-state index contributed by atoms with van der Waals surface area (Å²) in [5, 5.41) is 32.4. The number of allylic oxidation sites excluding steroid dienone is 3. The van der Waals surface area contributed by atoms with Gasteiger partial charge in [-0.25, -0.2) is 4.79 Å². The molecule has 0 aromatic heterocycles. The molecular formula is C27H41NO8. The zero-order valence-corrected chi connectivity index (χ0v) is 21.7. The maximum atomic E-state index is 12.6. The molecule has 36 heavy (non-hydrogen) atoms. The topological polar surface area (TPSA) is 150 Å². The number of amides is 2. The maximum absolute atomic E-state index is 12.6. The molecule has 0 radical (unpaired) electrons. The number of methoxy groups -OCH3 is 1. The Labute approximate surface area is 213 Å². The van der Waals surface area contributed by atoms with Gasteiger partial charge in [0.2, 0.25) is 11.8 Å². The number of hydrogen-bond donors (Lipinski definition) is 4. The molecule has 1 fully saturated rings. The first-order chi connectivity index (χ1) is 17.0. The summed E-state index contributed by atoms with van der Waals surface area (Å²) in [5.41, 5.74) is 0.578. The molecular weight excluding hydrogens is 466 g/mol. The Balaban J connectivity index is 2.57. The molecule has 5 atom stereocenters. The van der Waals surface area contributed by atoms with E-state index in [9.17, 15) is 29.4 Å². The second-order valence-corrected chi connectivity index (χ2v) is 9.54. The van der Waals surface area contributed by atoms with Crippen LogP contribution in [0.15, 0.2) is 36.0 Å². The number of rotatable bonds is 16. The van der Waals surface area contributed by atoms with E-state index < -0.39 is 36.1 Å². The highest BCUT2D eigenvalue weighted by molar-refractivity contribution is 5.97. The van der Waals surface area contributed by atoms with E-state index >= 15 is 0 Å². The second-order valence-electron chi connectivity index (χ2n) is 9.54. The lowest BCUT2D eigenvalue weighted by Gasteiger charge is -2.29. The van der Waals surface area contributed by atoms with Gasteiger partial charge in [0, 0.05) is 44.3 Å². The third kappa shape index (κ3) is 11.4. The van der Waals surface area contributed by atoms with Gasteiger partial charge >= 0.3 is 5.97 Å². The summed E-state index contributed by atoms with van der Waals surface area (Å²) in [4.78, 5) is 46.0. The lowest BCUT2D eigenvalue weighted by molar-refractivity contribution is -0.135. The number of hydrogen-bond acceptors (Lipinski definition) is 7. The molecule has 0 spiro atoms. The number of aliphatic hydroxyl groups is 2. The zero-order valence-electron chi connectivity index (χ0n) is 21.7. The summed E-state index contributed by atoms with van der Waals surface area (Å²) >= 11 is 0. The predicted octanol–water partition coefficient (Wildman–Crippen LogP) is 2.71. The molecule has 0 aromatic carbocycles. The summed E-state index contributed by atoms with van der Waals surface area (Å²) in [6.07, 6.45) is 8.46. The van der Waals surface area contributed by atoms with Crippen LogP contribution in [0.25, 0.3) is 0 Å². The van der Waals surface area contributed by atoms with Crippen LogP contribution in [-0.2, 0) is 23.9 Å². The molecule has 0 saturated carbocycles. The number of piperidine rings is 1. The van der Waals surface area contributed by atoms with Crippen molar-refractivity contribution in [3.8, 4) is 0 Å². The van der Waals surface area contributed by atoms with E-state index in [1.807, 2.05) is 0 Å². The molecule has 0 bridgehead atoms. The Bertz CT molecular complexity index is 831. The summed E-state index contributed by atoms with van der Waals surface area (Å²) < 4.78 is 5.36. The van der Waals surface area contributed by atoms with Gasteiger partial charge in [0.1, 0.15) is 11.9 Å². The molecule has 9 nitrogen and oxygen atoms in total. The molecule has 1 rings (SSSR count). The SMILES string of the molecule is CO[C@@H](/C=C/CC/C=C/C(=O)O)[C@@H](O)[C@H](C)[C@@H](O)/C(C)=C/[C@H](C)C(=O)CCCC1CC(=O)NC(=O)C1. The van der Waals surface area contributed by atoms with Crippen LogP contribution in [0.3, 0.4) is 0 Å². The Morgan fingerprint density at radius 1 is 1.11 bits per heavy atom. The summed E-state index contributed by atoms with van der Waals surface area (Å²) in [5.74, 6) is -2.54. The Morgan fingerprint density at radius 3 is 2.31 bits per heavy atom. The molecule has 1 aliphatic heterocycles. The molecule has 1 heterocycles. The van der Waals surface area contributed by atoms with Gasteiger partial charge in [-0.05, 0) is 44.1 Å². The number of ketones is 1. The molecule has 0 unspecified atom stereocenters. The molecule has 1 saturated heterocycles. The molecule has 0 aromatic rings.